The zero-order valence-corrected chi connectivity index (χ0v) is 15.6. The molecule has 0 aliphatic rings. The quantitative estimate of drug-likeness (QED) is 0.708. The van der Waals surface area contributed by atoms with Gasteiger partial charge in [-0.15, -0.1) is 0 Å². The lowest BCUT2D eigenvalue weighted by molar-refractivity contribution is 0.0948. The van der Waals surface area contributed by atoms with Gasteiger partial charge in [0, 0.05) is 35.4 Å². The molecule has 0 aliphatic heterocycles. The Hall–Kier alpha value is -3.11. The minimum atomic E-state index is -0.194. The summed E-state index contributed by atoms with van der Waals surface area (Å²) in [6.07, 6.45) is 0. The Morgan fingerprint density at radius 2 is 1.44 bits per heavy atom. The van der Waals surface area contributed by atoms with Crippen LogP contribution in [0.15, 0.2) is 78.9 Å². The largest absolute Gasteiger partial charge is 0.348 e. The standard InChI is InChI=1S/C22H19ClN2O2/c1-25(20-5-3-2-4-6-20)22(27)18-11-9-17(10-12-18)21(26)24-15-16-7-13-19(23)14-8-16/h2-14H,15H2,1H3,(H,24,26). The molecule has 0 bridgehead atoms. The molecule has 27 heavy (non-hydrogen) atoms. The third-order valence-corrected chi connectivity index (χ3v) is 4.46. The molecule has 0 radical (unpaired) electrons. The van der Waals surface area contributed by atoms with E-state index in [4.69, 9.17) is 11.6 Å². The lowest BCUT2D eigenvalue weighted by Gasteiger charge is -2.17. The molecular weight excluding hydrogens is 360 g/mol. The molecule has 2 amide bonds. The predicted molar refractivity (Wildman–Crippen MR) is 108 cm³/mol. The van der Waals surface area contributed by atoms with Gasteiger partial charge >= 0.3 is 0 Å². The van der Waals surface area contributed by atoms with E-state index in [9.17, 15) is 9.59 Å². The van der Waals surface area contributed by atoms with Crippen LogP contribution in [0.2, 0.25) is 5.02 Å². The van der Waals surface area contributed by atoms with Crippen molar-refractivity contribution < 1.29 is 9.59 Å². The van der Waals surface area contributed by atoms with Crippen LogP contribution in [-0.2, 0) is 6.54 Å². The summed E-state index contributed by atoms with van der Waals surface area (Å²) in [6.45, 7) is 0.410. The SMILES string of the molecule is CN(C(=O)c1ccc(C(=O)NCc2ccc(Cl)cc2)cc1)c1ccccc1. The van der Waals surface area contributed by atoms with Gasteiger partial charge in [-0.25, -0.2) is 0 Å². The number of carbonyl (C=O) groups excluding carboxylic acids is 2. The number of hydrogen-bond donors (Lipinski definition) is 1. The summed E-state index contributed by atoms with van der Waals surface area (Å²) < 4.78 is 0. The molecule has 0 unspecified atom stereocenters. The maximum absolute atomic E-state index is 12.6. The molecule has 3 rings (SSSR count). The third-order valence-electron chi connectivity index (χ3n) is 4.21. The van der Waals surface area contributed by atoms with Gasteiger partial charge in [0.1, 0.15) is 0 Å². The summed E-state index contributed by atoms with van der Waals surface area (Å²) in [6, 6.07) is 23.4. The van der Waals surface area contributed by atoms with Crippen molar-refractivity contribution in [2.75, 3.05) is 11.9 Å². The van der Waals surface area contributed by atoms with Crippen LogP contribution < -0.4 is 10.2 Å². The summed E-state index contributed by atoms with van der Waals surface area (Å²) >= 11 is 5.85. The molecule has 3 aromatic rings. The van der Waals surface area contributed by atoms with Crippen molar-refractivity contribution in [2.45, 2.75) is 6.54 Å². The fourth-order valence-electron chi connectivity index (χ4n) is 2.61. The van der Waals surface area contributed by atoms with Crippen molar-refractivity contribution in [2.24, 2.45) is 0 Å². The normalized spacial score (nSPS) is 10.3. The van der Waals surface area contributed by atoms with Gasteiger partial charge in [0.15, 0.2) is 0 Å². The fourth-order valence-corrected chi connectivity index (χ4v) is 2.74. The van der Waals surface area contributed by atoms with Gasteiger partial charge < -0.3 is 10.2 Å². The Bertz CT molecular complexity index is 923. The Morgan fingerprint density at radius 3 is 2.07 bits per heavy atom. The van der Waals surface area contributed by atoms with Crippen molar-refractivity contribution in [3.05, 3.63) is 101 Å². The molecule has 3 aromatic carbocycles. The van der Waals surface area contributed by atoms with Crippen molar-refractivity contribution in [1.29, 1.82) is 0 Å². The van der Waals surface area contributed by atoms with Crippen LogP contribution >= 0.6 is 11.6 Å². The molecule has 0 fully saturated rings. The van der Waals surface area contributed by atoms with E-state index in [1.165, 1.54) is 0 Å². The highest BCUT2D eigenvalue weighted by molar-refractivity contribution is 6.30. The van der Waals surface area contributed by atoms with E-state index in [1.54, 1.807) is 48.3 Å². The number of benzene rings is 3. The zero-order chi connectivity index (χ0) is 19.2. The number of anilines is 1. The molecule has 0 saturated carbocycles. The van der Waals surface area contributed by atoms with Crippen LogP contribution in [0.3, 0.4) is 0 Å². The first-order valence-electron chi connectivity index (χ1n) is 8.50. The van der Waals surface area contributed by atoms with E-state index in [0.29, 0.717) is 22.7 Å². The number of carbonyl (C=O) groups is 2. The third kappa shape index (κ3) is 4.74. The molecule has 0 spiro atoms. The smallest absolute Gasteiger partial charge is 0.258 e. The van der Waals surface area contributed by atoms with E-state index in [-0.39, 0.29) is 11.8 Å². The highest BCUT2D eigenvalue weighted by Gasteiger charge is 2.14. The summed E-state index contributed by atoms with van der Waals surface area (Å²) in [5, 5.41) is 3.51. The van der Waals surface area contributed by atoms with Gasteiger partial charge in [0.05, 0.1) is 0 Å². The summed E-state index contributed by atoms with van der Waals surface area (Å²) in [5.74, 6) is -0.324. The molecule has 5 heteroatoms. The number of nitrogens with one attached hydrogen (secondary N) is 1. The molecule has 0 saturated heterocycles. The Kier molecular flexibility index (Phi) is 5.89. The highest BCUT2D eigenvalue weighted by atomic mass is 35.5. The molecular formula is C22H19ClN2O2. The zero-order valence-electron chi connectivity index (χ0n) is 14.9. The predicted octanol–water partition coefficient (Wildman–Crippen LogP) is 4.55. The second-order valence-electron chi connectivity index (χ2n) is 6.09. The van der Waals surface area contributed by atoms with Crippen LogP contribution in [-0.4, -0.2) is 18.9 Å². The number of hydrogen-bond acceptors (Lipinski definition) is 2. The minimum Gasteiger partial charge on any atom is -0.348 e. The van der Waals surface area contributed by atoms with Gasteiger partial charge in [-0.05, 0) is 54.1 Å². The van der Waals surface area contributed by atoms with E-state index in [2.05, 4.69) is 5.32 Å². The van der Waals surface area contributed by atoms with Crippen molar-refractivity contribution >= 4 is 29.1 Å². The molecule has 0 aromatic heterocycles. The second kappa shape index (κ2) is 8.52. The lowest BCUT2D eigenvalue weighted by Crippen LogP contribution is -2.26. The number of halogens is 1. The monoisotopic (exact) mass is 378 g/mol. The van der Waals surface area contributed by atoms with Crippen LogP contribution in [0, 0.1) is 0 Å². The molecule has 136 valence electrons. The maximum Gasteiger partial charge on any atom is 0.258 e. The van der Waals surface area contributed by atoms with Crippen LogP contribution in [0.5, 0.6) is 0 Å². The summed E-state index contributed by atoms with van der Waals surface area (Å²) in [5.41, 5.74) is 2.80. The van der Waals surface area contributed by atoms with Crippen molar-refractivity contribution in [3.8, 4) is 0 Å². The lowest BCUT2D eigenvalue weighted by atomic mass is 10.1. The van der Waals surface area contributed by atoms with Crippen LogP contribution in [0.4, 0.5) is 5.69 Å². The van der Waals surface area contributed by atoms with Crippen LogP contribution in [0.1, 0.15) is 26.3 Å². The highest BCUT2D eigenvalue weighted by Crippen LogP contribution is 2.15. The van der Waals surface area contributed by atoms with Gasteiger partial charge in [0.25, 0.3) is 11.8 Å². The van der Waals surface area contributed by atoms with Gasteiger partial charge in [0.2, 0.25) is 0 Å². The first kappa shape index (κ1) is 18.7. The molecule has 0 atom stereocenters. The van der Waals surface area contributed by atoms with Gasteiger partial charge in [-0.3, -0.25) is 9.59 Å². The van der Waals surface area contributed by atoms with Gasteiger partial charge in [-0.1, -0.05) is 41.9 Å². The van der Waals surface area contributed by atoms with E-state index >= 15 is 0 Å². The summed E-state index contributed by atoms with van der Waals surface area (Å²) in [4.78, 5) is 26.4. The number of nitrogens with zero attached hydrogens (tertiary/aromatic N) is 1. The summed E-state index contributed by atoms with van der Waals surface area (Å²) in [7, 11) is 1.73. The first-order chi connectivity index (χ1) is 13.0. The average Bonchev–Trinajstić information content (AvgIpc) is 2.73. The molecule has 0 heterocycles. The van der Waals surface area contributed by atoms with Crippen molar-refractivity contribution in [1.82, 2.24) is 5.32 Å². The minimum absolute atomic E-state index is 0.130. The molecule has 0 aliphatic carbocycles. The topological polar surface area (TPSA) is 49.4 Å². The average molecular weight is 379 g/mol. The number of rotatable bonds is 5. The van der Waals surface area contributed by atoms with Crippen molar-refractivity contribution in [3.63, 3.8) is 0 Å². The van der Waals surface area contributed by atoms with Gasteiger partial charge in [-0.2, -0.15) is 0 Å². The second-order valence-corrected chi connectivity index (χ2v) is 6.52. The Morgan fingerprint density at radius 1 is 0.852 bits per heavy atom. The molecule has 1 N–H and O–H groups in total. The van der Waals surface area contributed by atoms with E-state index < -0.39 is 0 Å². The number of para-hydroxylation sites is 1. The maximum atomic E-state index is 12.6. The Balaban J connectivity index is 1.63. The number of amides is 2. The Labute approximate surface area is 163 Å². The van der Waals surface area contributed by atoms with E-state index in [1.807, 2.05) is 42.5 Å². The van der Waals surface area contributed by atoms with Crippen LogP contribution in [0.25, 0.3) is 0 Å². The fraction of sp³-hybridized carbons (Fsp3) is 0.0909. The molecule has 4 nitrogen and oxygen atoms in total. The van der Waals surface area contributed by atoms with E-state index in [0.717, 1.165) is 11.3 Å². The first-order valence-corrected chi connectivity index (χ1v) is 8.88.